The third-order valence-corrected chi connectivity index (χ3v) is 3.59. The molecule has 1 heteroatoms. The minimum atomic E-state index is -0.0401. The van der Waals surface area contributed by atoms with E-state index in [9.17, 15) is 0 Å². The molecule has 0 saturated carbocycles. The Hall–Kier alpha value is -1.60. The number of hydrogen-bond donors (Lipinski definition) is 1. The van der Waals surface area contributed by atoms with Crippen LogP contribution in [-0.2, 0) is 6.42 Å². The second-order valence-corrected chi connectivity index (χ2v) is 6.24. The molecule has 1 unspecified atom stereocenters. The highest BCUT2D eigenvalue weighted by Crippen LogP contribution is 2.22. The van der Waals surface area contributed by atoms with Crippen molar-refractivity contribution < 1.29 is 0 Å². The van der Waals surface area contributed by atoms with Crippen molar-refractivity contribution in [3.63, 3.8) is 0 Å². The van der Waals surface area contributed by atoms with Gasteiger partial charge in [-0.05, 0) is 42.9 Å². The average molecular weight is 267 g/mol. The predicted molar refractivity (Wildman–Crippen MR) is 86.9 cm³/mol. The highest BCUT2D eigenvalue weighted by atomic mass is 14.6. The Bertz CT molecular complexity index is 547. The third kappa shape index (κ3) is 3.71. The summed E-state index contributed by atoms with van der Waals surface area (Å²) in [5.74, 6) is 0.689. The summed E-state index contributed by atoms with van der Waals surface area (Å²) in [6.07, 6.45) is 1.12. The van der Waals surface area contributed by atoms with E-state index in [1.165, 1.54) is 27.8 Å². The minimum absolute atomic E-state index is 0.0401. The van der Waals surface area contributed by atoms with Gasteiger partial charge in [-0.3, -0.25) is 0 Å². The molecule has 0 spiro atoms. The molecule has 0 aliphatic rings. The molecule has 0 bridgehead atoms. The normalized spacial score (nSPS) is 12.7. The zero-order valence-corrected chi connectivity index (χ0v) is 13.0. The van der Waals surface area contributed by atoms with E-state index in [1.807, 2.05) is 0 Å². The van der Waals surface area contributed by atoms with E-state index in [0.29, 0.717) is 5.92 Å². The summed E-state index contributed by atoms with van der Waals surface area (Å²) in [6, 6.07) is 15.2. The monoisotopic (exact) mass is 267 g/mol. The maximum absolute atomic E-state index is 6.41. The first-order valence-corrected chi connectivity index (χ1v) is 7.38. The lowest BCUT2D eigenvalue weighted by atomic mass is 9.94. The van der Waals surface area contributed by atoms with Gasteiger partial charge in [0.05, 0.1) is 6.04 Å². The van der Waals surface area contributed by atoms with E-state index >= 15 is 0 Å². The van der Waals surface area contributed by atoms with Gasteiger partial charge in [-0.2, -0.15) is 0 Å². The maximum Gasteiger partial charge on any atom is 0.0551 e. The van der Waals surface area contributed by atoms with Crippen LogP contribution in [0.4, 0.5) is 0 Å². The Labute approximate surface area is 122 Å². The molecule has 0 amide bonds. The maximum atomic E-state index is 6.41. The van der Waals surface area contributed by atoms with Crippen molar-refractivity contribution >= 4 is 0 Å². The number of benzene rings is 2. The lowest BCUT2D eigenvalue weighted by Crippen LogP contribution is -2.12. The van der Waals surface area contributed by atoms with Crippen LogP contribution in [0, 0.1) is 19.8 Å². The van der Waals surface area contributed by atoms with Crippen LogP contribution < -0.4 is 5.73 Å². The van der Waals surface area contributed by atoms with E-state index in [0.717, 1.165) is 6.42 Å². The van der Waals surface area contributed by atoms with E-state index in [1.54, 1.807) is 0 Å². The standard InChI is InChI=1S/C19H25N/c1-13(2)9-16-5-7-17(8-6-16)19(20)18-11-14(3)10-15(4)12-18/h5-8,10-13,19H,9,20H2,1-4H3. The summed E-state index contributed by atoms with van der Waals surface area (Å²) >= 11 is 0. The Morgan fingerprint density at radius 2 is 1.40 bits per heavy atom. The van der Waals surface area contributed by atoms with Gasteiger partial charge in [0.2, 0.25) is 0 Å². The van der Waals surface area contributed by atoms with Gasteiger partial charge in [0, 0.05) is 0 Å². The molecule has 0 aliphatic carbocycles. The molecule has 2 aromatic carbocycles. The number of rotatable bonds is 4. The summed E-state index contributed by atoms with van der Waals surface area (Å²) in [5, 5.41) is 0. The summed E-state index contributed by atoms with van der Waals surface area (Å²) in [7, 11) is 0. The van der Waals surface area contributed by atoms with E-state index < -0.39 is 0 Å². The smallest absolute Gasteiger partial charge is 0.0551 e. The molecule has 0 fully saturated rings. The first kappa shape index (κ1) is 14.8. The van der Waals surface area contributed by atoms with Crippen LogP contribution in [0.25, 0.3) is 0 Å². The fraction of sp³-hybridized carbons (Fsp3) is 0.368. The molecular formula is C19H25N. The average Bonchev–Trinajstić information content (AvgIpc) is 2.37. The summed E-state index contributed by atoms with van der Waals surface area (Å²) in [4.78, 5) is 0. The van der Waals surface area contributed by atoms with Crippen molar-refractivity contribution in [1.29, 1.82) is 0 Å². The molecule has 2 aromatic rings. The van der Waals surface area contributed by atoms with E-state index in [2.05, 4.69) is 70.2 Å². The molecule has 0 heterocycles. The molecule has 0 saturated heterocycles. The van der Waals surface area contributed by atoms with Crippen LogP contribution in [0.1, 0.15) is 47.7 Å². The van der Waals surface area contributed by atoms with Crippen molar-refractivity contribution in [2.45, 2.75) is 40.2 Å². The fourth-order valence-corrected chi connectivity index (χ4v) is 2.71. The Balaban J connectivity index is 2.22. The predicted octanol–water partition coefficient (Wildman–Crippen LogP) is 4.55. The molecule has 2 rings (SSSR count). The topological polar surface area (TPSA) is 26.0 Å². The van der Waals surface area contributed by atoms with Gasteiger partial charge in [0.15, 0.2) is 0 Å². The molecular weight excluding hydrogens is 242 g/mol. The van der Waals surface area contributed by atoms with Crippen LogP contribution in [0.3, 0.4) is 0 Å². The number of nitrogens with two attached hydrogens (primary N) is 1. The molecule has 0 aliphatic heterocycles. The second kappa shape index (κ2) is 6.23. The molecule has 20 heavy (non-hydrogen) atoms. The summed E-state index contributed by atoms with van der Waals surface area (Å²) in [6.45, 7) is 8.73. The van der Waals surface area contributed by atoms with Crippen molar-refractivity contribution in [2.75, 3.05) is 0 Å². The SMILES string of the molecule is Cc1cc(C)cc(C(N)c2ccc(CC(C)C)cc2)c1. The van der Waals surface area contributed by atoms with Gasteiger partial charge in [-0.1, -0.05) is 67.4 Å². The van der Waals surface area contributed by atoms with E-state index in [4.69, 9.17) is 5.73 Å². The van der Waals surface area contributed by atoms with Gasteiger partial charge in [0.1, 0.15) is 0 Å². The van der Waals surface area contributed by atoms with Gasteiger partial charge in [-0.25, -0.2) is 0 Å². The van der Waals surface area contributed by atoms with Gasteiger partial charge >= 0.3 is 0 Å². The first-order valence-electron chi connectivity index (χ1n) is 7.38. The molecule has 2 N–H and O–H groups in total. The van der Waals surface area contributed by atoms with Crippen molar-refractivity contribution in [2.24, 2.45) is 11.7 Å². The van der Waals surface area contributed by atoms with E-state index in [-0.39, 0.29) is 6.04 Å². The molecule has 106 valence electrons. The third-order valence-electron chi connectivity index (χ3n) is 3.59. The van der Waals surface area contributed by atoms with Crippen LogP contribution >= 0.6 is 0 Å². The van der Waals surface area contributed by atoms with Crippen LogP contribution in [0.15, 0.2) is 42.5 Å². The fourth-order valence-electron chi connectivity index (χ4n) is 2.71. The zero-order valence-electron chi connectivity index (χ0n) is 13.0. The zero-order chi connectivity index (χ0) is 14.7. The molecule has 0 radical (unpaired) electrons. The molecule has 1 nitrogen and oxygen atoms in total. The number of hydrogen-bond acceptors (Lipinski definition) is 1. The van der Waals surface area contributed by atoms with Gasteiger partial charge in [0.25, 0.3) is 0 Å². The van der Waals surface area contributed by atoms with Crippen LogP contribution in [0.2, 0.25) is 0 Å². The first-order chi connectivity index (χ1) is 9.45. The minimum Gasteiger partial charge on any atom is -0.320 e. The van der Waals surface area contributed by atoms with Crippen LogP contribution in [-0.4, -0.2) is 0 Å². The molecule has 1 atom stereocenters. The molecule has 0 aromatic heterocycles. The quantitative estimate of drug-likeness (QED) is 0.864. The van der Waals surface area contributed by atoms with Crippen LogP contribution in [0.5, 0.6) is 0 Å². The van der Waals surface area contributed by atoms with Gasteiger partial charge < -0.3 is 5.73 Å². The van der Waals surface area contributed by atoms with Gasteiger partial charge in [-0.15, -0.1) is 0 Å². The Morgan fingerprint density at radius 3 is 1.90 bits per heavy atom. The Morgan fingerprint density at radius 1 is 0.850 bits per heavy atom. The highest BCUT2D eigenvalue weighted by molar-refractivity contribution is 5.37. The highest BCUT2D eigenvalue weighted by Gasteiger charge is 2.10. The summed E-state index contributed by atoms with van der Waals surface area (Å²) < 4.78 is 0. The number of aryl methyl sites for hydroxylation is 2. The second-order valence-electron chi connectivity index (χ2n) is 6.24. The lowest BCUT2D eigenvalue weighted by molar-refractivity contribution is 0.647. The Kier molecular flexibility index (Phi) is 4.61. The lowest BCUT2D eigenvalue weighted by Gasteiger charge is -2.15. The van der Waals surface area contributed by atoms with Crippen molar-refractivity contribution in [3.8, 4) is 0 Å². The largest absolute Gasteiger partial charge is 0.320 e. The van der Waals surface area contributed by atoms with Crippen molar-refractivity contribution in [3.05, 3.63) is 70.3 Å². The van der Waals surface area contributed by atoms with Crippen molar-refractivity contribution in [1.82, 2.24) is 0 Å². The summed E-state index contributed by atoms with van der Waals surface area (Å²) in [5.41, 5.74) is 12.7.